The summed E-state index contributed by atoms with van der Waals surface area (Å²) in [6.07, 6.45) is -0.829. The number of thiophene rings is 1. The molecule has 1 atom stereocenters. The monoisotopic (exact) mass is 302 g/mol. The molecule has 0 radical (unpaired) electrons. The highest BCUT2D eigenvalue weighted by molar-refractivity contribution is 7.10. The van der Waals surface area contributed by atoms with E-state index < -0.39 is 6.10 Å². The minimum Gasteiger partial charge on any atom is -0.496 e. The summed E-state index contributed by atoms with van der Waals surface area (Å²) in [4.78, 5) is 0.703. The molecule has 96 valence electrons. The molecule has 0 fully saturated rings. The van der Waals surface area contributed by atoms with Gasteiger partial charge in [-0.05, 0) is 36.1 Å². The van der Waals surface area contributed by atoms with Crippen molar-refractivity contribution >= 4 is 34.5 Å². The van der Waals surface area contributed by atoms with Crippen molar-refractivity contribution in [1.29, 1.82) is 0 Å². The normalized spacial score (nSPS) is 12.5. The van der Waals surface area contributed by atoms with E-state index in [0.717, 1.165) is 5.56 Å². The molecule has 0 saturated heterocycles. The zero-order chi connectivity index (χ0) is 13.3. The Kier molecular flexibility index (Phi) is 4.17. The molecule has 1 unspecified atom stereocenters. The lowest BCUT2D eigenvalue weighted by Crippen LogP contribution is -2.01. The molecular formula is C13H12Cl2O2S. The zero-order valence-electron chi connectivity index (χ0n) is 9.91. The van der Waals surface area contributed by atoms with Crippen LogP contribution in [-0.2, 0) is 0 Å². The number of aliphatic hydroxyl groups excluding tert-OH is 1. The highest BCUT2D eigenvalue weighted by Gasteiger charge is 2.21. The molecule has 1 N–H and O–H groups in total. The highest BCUT2D eigenvalue weighted by Crippen LogP contribution is 2.39. The van der Waals surface area contributed by atoms with Crippen LogP contribution in [0.3, 0.4) is 0 Å². The first kappa shape index (κ1) is 13.7. The number of hydrogen-bond donors (Lipinski definition) is 1. The van der Waals surface area contributed by atoms with Gasteiger partial charge in [0.1, 0.15) is 11.9 Å². The van der Waals surface area contributed by atoms with Crippen molar-refractivity contribution in [2.24, 2.45) is 0 Å². The van der Waals surface area contributed by atoms with Crippen LogP contribution in [0.4, 0.5) is 0 Å². The van der Waals surface area contributed by atoms with Gasteiger partial charge in [0.15, 0.2) is 0 Å². The van der Waals surface area contributed by atoms with Crippen molar-refractivity contribution in [3.05, 3.63) is 49.6 Å². The van der Waals surface area contributed by atoms with E-state index in [4.69, 9.17) is 27.9 Å². The second-order valence-corrected chi connectivity index (χ2v) is 5.61. The summed E-state index contributed by atoms with van der Waals surface area (Å²) < 4.78 is 5.23. The standard InChI is InChI=1S/C13H12Cl2O2S/c1-7-6-18-13(11(7)15)12(16)9-5-8(14)3-4-10(9)17-2/h3-6,12,16H,1-2H3. The molecule has 0 bridgehead atoms. The predicted octanol–water partition coefficient (Wildman–Crippen LogP) is 4.45. The predicted molar refractivity (Wildman–Crippen MR) is 76.1 cm³/mol. The molecule has 0 spiro atoms. The van der Waals surface area contributed by atoms with Crippen LogP contribution >= 0.6 is 34.5 Å². The SMILES string of the molecule is COc1ccc(Cl)cc1C(O)c1scc(C)c1Cl. The van der Waals surface area contributed by atoms with Gasteiger partial charge in [-0.15, -0.1) is 11.3 Å². The van der Waals surface area contributed by atoms with Gasteiger partial charge >= 0.3 is 0 Å². The van der Waals surface area contributed by atoms with Crippen LogP contribution < -0.4 is 4.74 Å². The van der Waals surface area contributed by atoms with Gasteiger partial charge in [-0.2, -0.15) is 0 Å². The minimum absolute atomic E-state index is 0.550. The first-order chi connectivity index (χ1) is 8.54. The van der Waals surface area contributed by atoms with Crippen LogP contribution in [-0.4, -0.2) is 12.2 Å². The topological polar surface area (TPSA) is 29.5 Å². The van der Waals surface area contributed by atoms with Gasteiger partial charge in [0.25, 0.3) is 0 Å². The van der Waals surface area contributed by atoms with Gasteiger partial charge in [-0.1, -0.05) is 23.2 Å². The molecule has 0 aliphatic carbocycles. The molecule has 1 aromatic carbocycles. The fourth-order valence-corrected chi connectivity index (χ4v) is 3.17. The average molecular weight is 303 g/mol. The Bertz CT molecular complexity index is 566. The van der Waals surface area contributed by atoms with Crippen LogP contribution in [0, 0.1) is 6.92 Å². The Morgan fingerprint density at radius 1 is 1.33 bits per heavy atom. The van der Waals surface area contributed by atoms with Gasteiger partial charge in [0.05, 0.1) is 17.0 Å². The van der Waals surface area contributed by atoms with E-state index in [-0.39, 0.29) is 0 Å². The quantitative estimate of drug-likeness (QED) is 0.907. The fraction of sp³-hybridized carbons (Fsp3) is 0.231. The van der Waals surface area contributed by atoms with Crippen molar-refractivity contribution in [3.8, 4) is 5.75 Å². The largest absolute Gasteiger partial charge is 0.496 e. The number of rotatable bonds is 3. The van der Waals surface area contributed by atoms with E-state index in [9.17, 15) is 5.11 Å². The summed E-state index contributed by atoms with van der Waals surface area (Å²) in [5.74, 6) is 0.592. The van der Waals surface area contributed by atoms with Crippen molar-refractivity contribution < 1.29 is 9.84 Å². The van der Waals surface area contributed by atoms with Gasteiger partial charge in [0.2, 0.25) is 0 Å². The molecule has 2 aromatic rings. The maximum atomic E-state index is 10.4. The van der Waals surface area contributed by atoms with Gasteiger partial charge in [-0.25, -0.2) is 0 Å². The molecule has 1 heterocycles. The molecule has 1 aromatic heterocycles. The number of halogens is 2. The first-order valence-corrected chi connectivity index (χ1v) is 6.93. The van der Waals surface area contributed by atoms with Crippen LogP contribution in [0.5, 0.6) is 5.75 Å². The lowest BCUT2D eigenvalue weighted by Gasteiger charge is -2.14. The summed E-state index contributed by atoms with van der Waals surface area (Å²) in [7, 11) is 1.56. The molecule has 5 heteroatoms. The second kappa shape index (κ2) is 5.49. The van der Waals surface area contributed by atoms with E-state index >= 15 is 0 Å². The minimum atomic E-state index is -0.829. The van der Waals surface area contributed by atoms with E-state index in [1.54, 1.807) is 25.3 Å². The van der Waals surface area contributed by atoms with Crippen molar-refractivity contribution in [1.82, 2.24) is 0 Å². The number of hydrogen-bond acceptors (Lipinski definition) is 3. The molecule has 18 heavy (non-hydrogen) atoms. The Labute approximate surface area is 120 Å². The van der Waals surface area contributed by atoms with Crippen molar-refractivity contribution in [3.63, 3.8) is 0 Å². The average Bonchev–Trinajstić information content (AvgIpc) is 2.69. The van der Waals surface area contributed by atoms with Crippen LogP contribution in [0.15, 0.2) is 23.6 Å². The zero-order valence-corrected chi connectivity index (χ0v) is 12.2. The molecule has 0 aliphatic heterocycles. The lowest BCUT2D eigenvalue weighted by molar-refractivity contribution is 0.218. The highest BCUT2D eigenvalue weighted by atomic mass is 35.5. The first-order valence-electron chi connectivity index (χ1n) is 5.29. The van der Waals surface area contributed by atoms with Crippen LogP contribution in [0.1, 0.15) is 22.1 Å². The van der Waals surface area contributed by atoms with Crippen LogP contribution in [0.25, 0.3) is 0 Å². The number of aliphatic hydroxyl groups is 1. The van der Waals surface area contributed by atoms with E-state index in [1.807, 2.05) is 12.3 Å². The molecule has 2 rings (SSSR count). The maximum Gasteiger partial charge on any atom is 0.125 e. The maximum absolute atomic E-state index is 10.4. The smallest absolute Gasteiger partial charge is 0.125 e. The van der Waals surface area contributed by atoms with Crippen molar-refractivity contribution in [2.75, 3.05) is 7.11 Å². The third-order valence-electron chi connectivity index (χ3n) is 2.66. The third kappa shape index (κ3) is 2.50. The van der Waals surface area contributed by atoms with E-state index in [1.165, 1.54) is 11.3 Å². The van der Waals surface area contributed by atoms with E-state index in [2.05, 4.69) is 0 Å². The summed E-state index contributed by atoms with van der Waals surface area (Å²) in [6, 6.07) is 5.14. The number of methoxy groups -OCH3 is 1. The molecular weight excluding hydrogens is 291 g/mol. The Morgan fingerprint density at radius 2 is 2.06 bits per heavy atom. The molecule has 0 saturated carbocycles. The van der Waals surface area contributed by atoms with Gasteiger partial charge in [-0.3, -0.25) is 0 Å². The van der Waals surface area contributed by atoms with Crippen molar-refractivity contribution in [2.45, 2.75) is 13.0 Å². The summed E-state index contributed by atoms with van der Waals surface area (Å²) in [5, 5.41) is 13.5. The Hall–Kier alpha value is -0.740. The summed E-state index contributed by atoms with van der Waals surface area (Å²) in [6.45, 7) is 1.91. The fourth-order valence-electron chi connectivity index (χ4n) is 1.69. The molecule has 0 aliphatic rings. The molecule has 0 amide bonds. The van der Waals surface area contributed by atoms with E-state index in [0.29, 0.717) is 26.2 Å². The second-order valence-electron chi connectivity index (χ2n) is 3.89. The van der Waals surface area contributed by atoms with Crippen LogP contribution in [0.2, 0.25) is 10.0 Å². The number of ether oxygens (including phenoxy) is 1. The number of benzene rings is 1. The third-order valence-corrected chi connectivity index (χ3v) is 4.66. The van der Waals surface area contributed by atoms with Gasteiger partial charge < -0.3 is 9.84 Å². The molecule has 2 nitrogen and oxygen atoms in total. The summed E-state index contributed by atoms with van der Waals surface area (Å²) in [5.41, 5.74) is 1.57. The Balaban J connectivity index is 2.48. The number of aryl methyl sites for hydroxylation is 1. The van der Waals surface area contributed by atoms with Gasteiger partial charge in [0, 0.05) is 10.6 Å². The Morgan fingerprint density at radius 3 is 2.61 bits per heavy atom. The lowest BCUT2D eigenvalue weighted by atomic mass is 10.1. The summed E-state index contributed by atoms with van der Waals surface area (Å²) >= 11 is 13.5.